The molecule has 0 bridgehead atoms. The molecule has 0 aliphatic heterocycles. The zero-order chi connectivity index (χ0) is 18.7. The molecule has 26 heavy (non-hydrogen) atoms. The summed E-state index contributed by atoms with van der Waals surface area (Å²) in [6.45, 7) is 0.397. The van der Waals surface area contributed by atoms with E-state index in [0.29, 0.717) is 15.5 Å². The molecule has 0 saturated heterocycles. The highest BCUT2D eigenvalue weighted by Gasteiger charge is 2.28. The molecular weight excluding hydrogens is 444 g/mol. The van der Waals surface area contributed by atoms with Gasteiger partial charge in [-0.25, -0.2) is 13.1 Å². The van der Waals surface area contributed by atoms with Gasteiger partial charge in [0.1, 0.15) is 5.01 Å². The molecule has 0 spiro atoms. The number of hydrogen-bond acceptors (Lipinski definition) is 7. The largest absolute Gasteiger partial charge is 0.383 e. The zero-order valence-corrected chi connectivity index (χ0v) is 17.1. The maximum Gasteiger partial charge on any atom is 0.258 e. The van der Waals surface area contributed by atoms with Crippen molar-refractivity contribution >= 4 is 48.3 Å². The molecule has 1 aromatic carbocycles. The van der Waals surface area contributed by atoms with Gasteiger partial charge in [0.25, 0.3) is 5.91 Å². The van der Waals surface area contributed by atoms with Crippen molar-refractivity contribution in [2.24, 2.45) is 0 Å². The molecule has 3 rings (SSSR count). The monoisotopic (exact) mass is 460 g/mol. The number of methoxy groups -OCH3 is 1. The van der Waals surface area contributed by atoms with Crippen LogP contribution in [0.3, 0.4) is 0 Å². The van der Waals surface area contributed by atoms with Crippen molar-refractivity contribution in [3.05, 3.63) is 33.2 Å². The van der Waals surface area contributed by atoms with Crippen molar-refractivity contribution in [2.75, 3.05) is 25.6 Å². The minimum Gasteiger partial charge on any atom is -0.383 e. The fraction of sp³-hybridized carbons (Fsp3) is 0.400. The molecule has 8 nitrogen and oxygen atoms in total. The number of carbonyl (C=O) groups is 1. The molecule has 1 aliphatic carbocycles. The Morgan fingerprint density at radius 1 is 1.38 bits per heavy atom. The molecule has 0 radical (unpaired) electrons. The number of carbonyl (C=O) groups excluding carboxylic acids is 1. The maximum absolute atomic E-state index is 12.5. The second kappa shape index (κ2) is 8.09. The topological polar surface area (TPSA) is 110 Å². The van der Waals surface area contributed by atoms with Gasteiger partial charge in [-0.15, -0.1) is 10.2 Å². The second-order valence-corrected chi connectivity index (χ2v) is 9.34. The van der Waals surface area contributed by atoms with Crippen molar-refractivity contribution in [1.82, 2.24) is 14.9 Å². The second-order valence-electron chi connectivity index (χ2n) is 5.71. The van der Waals surface area contributed by atoms with E-state index < -0.39 is 15.9 Å². The van der Waals surface area contributed by atoms with Gasteiger partial charge in [-0.3, -0.25) is 10.1 Å². The van der Waals surface area contributed by atoms with E-state index in [2.05, 4.69) is 36.2 Å². The molecule has 0 unspecified atom stereocenters. The molecule has 0 atom stereocenters. The summed E-state index contributed by atoms with van der Waals surface area (Å²) < 4.78 is 32.3. The lowest BCUT2D eigenvalue weighted by atomic mass is 10.2. The van der Waals surface area contributed by atoms with Crippen LogP contribution >= 0.6 is 27.3 Å². The third-order valence-corrected chi connectivity index (χ3v) is 6.83. The predicted molar refractivity (Wildman–Crippen MR) is 101 cm³/mol. The first-order valence-electron chi connectivity index (χ1n) is 7.83. The molecule has 1 fully saturated rings. The molecule has 11 heteroatoms. The lowest BCUT2D eigenvalue weighted by molar-refractivity contribution is 0.102. The number of sulfonamides is 1. The third kappa shape index (κ3) is 4.65. The van der Waals surface area contributed by atoms with Gasteiger partial charge < -0.3 is 4.74 Å². The Morgan fingerprint density at radius 3 is 2.85 bits per heavy atom. The molecule has 1 heterocycles. The van der Waals surface area contributed by atoms with Gasteiger partial charge in [-0.05, 0) is 47.0 Å². The number of hydrogen-bond donors (Lipinski definition) is 2. The van der Waals surface area contributed by atoms with Crippen LogP contribution < -0.4 is 10.0 Å². The molecule has 1 saturated carbocycles. The van der Waals surface area contributed by atoms with Crippen molar-refractivity contribution in [1.29, 1.82) is 0 Å². The molecule has 1 amide bonds. The number of benzene rings is 1. The van der Waals surface area contributed by atoms with E-state index in [9.17, 15) is 13.2 Å². The average molecular weight is 461 g/mol. The van der Waals surface area contributed by atoms with Crippen LogP contribution in [-0.2, 0) is 14.8 Å². The number of nitrogens with zero attached hydrogens (tertiary/aromatic N) is 2. The van der Waals surface area contributed by atoms with Crippen LogP contribution in [0.25, 0.3) is 0 Å². The van der Waals surface area contributed by atoms with E-state index in [0.717, 1.165) is 17.8 Å². The SMILES string of the molecule is COCCNS(=O)(=O)c1ccc(Br)c(C(=O)Nc2nnc(C3CC3)s2)c1. The first-order chi connectivity index (χ1) is 12.4. The molecule has 1 aliphatic rings. The summed E-state index contributed by atoms with van der Waals surface area (Å²) in [6, 6.07) is 4.26. The van der Waals surface area contributed by atoms with Crippen LogP contribution in [0.1, 0.15) is 34.1 Å². The zero-order valence-electron chi connectivity index (χ0n) is 13.9. The molecule has 1 aromatic heterocycles. The number of rotatable bonds is 8. The van der Waals surface area contributed by atoms with E-state index in [1.54, 1.807) is 0 Å². The van der Waals surface area contributed by atoms with E-state index in [1.807, 2.05) is 0 Å². The third-order valence-electron chi connectivity index (χ3n) is 3.68. The summed E-state index contributed by atoms with van der Waals surface area (Å²) >= 11 is 4.63. The lowest BCUT2D eigenvalue weighted by Gasteiger charge is -2.09. The average Bonchev–Trinajstić information content (AvgIpc) is 3.35. The normalized spacial score (nSPS) is 14.4. The Hall–Kier alpha value is -1.40. The van der Waals surface area contributed by atoms with Crippen LogP contribution in [0.15, 0.2) is 27.6 Å². The Bertz CT molecular complexity index is 912. The van der Waals surface area contributed by atoms with Crippen molar-refractivity contribution in [3.63, 3.8) is 0 Å². The predicted octanol–water partition coefficient (Wildman–Crippen LogP) is 2.35. The van der Waals surface area contributed by atoms with E-state index in [4.69, 9.17) is 4.74 Å². The summed E-state index contributed by atoms with van der Waals surface area (Å²) in [4.78, 5) is 12.5. The first kappa shape index (κ1) is 19.4. The van der Waals surface area contributed by atoms with Crippen molar-refractivity contribution < 1.29 is 17.9 Å². The van der Waals surface area contributed by atoms with Crippen LogP contribution in [0.2, 0.25) is 0 Å². The number of amides is 1. The number of halogens is 1. The molecule has 2 N–H and O–H groups in total. The minimum atomic E-state index is -3.73. The maximum atomic E-state index is 12.5. The Kier molecular flexibility index (Phi) is 6.03. The smallest absolute Gasteiger partial charge is 0.258 e. The molecular formula is C15H17BrN4O4S2. The Morgan fingerprint density at radius 2 is 2.15 bits per heavy atom. The highest BCUT2D eigenvalue weighted by Crippen LogP contribution is 2.42. The summed E-state index contributed by atoms with van der Waals surface area (Å²) in [5.74, 6) is 0.000784. The van der Waals surface area contributed by atoms with Gasteiger partial charge in [-0.1, -0.05) is 11.3 Å². The number of nitrogens with one attached hydrogen (secondary N) is 2. The number of aromatic nitrogens is 2. The van der Waals surface area contributed by atoms with Gasteiger partial charge in [0.05, 0.1) is 17.1 Å². The van der Waals surface area contributed by atoms with Crippen LogP contribution in [0, 0.1) is 0 Å². The molecule has 2 aromatic rings. The highest BCUT2D eigenvalue weighted by molar-refractivity contribution is 9.10. The van der Waals surface area contributed by atoms with Crippen molar-refractivity contribution in [3.8, 4) is 0 Å². The van der Waals surface area contributed by atoms with Crippen LogP contribution in [0.5, 0.6) is 0 Å². The Labute approximate surface area is 163 Å². The highest BCUT2D eigenvalue weighted by atomic mass is 79.9. The van der Waals surface area contributed by atoms with E-state index in [1.165, 1.54) is 36.6 Å². The van der Waals surface area contributed by atoms with Crippen LogP contribution in [-0.4, -0.2) is 44.8 Å². The lowest BCUT2D eigenvalue weighted by Crippen LogP contribution is -2.27. The van der Waals surface area contributed by atoms with Gasteiger partial charge in [-0.2, -0.15) is 0 Å². The summed E-state index contributed by atoms with van der Waals surface area (Å²) in [6.07, 6.45) is 2.20. The van der Waals surface area contributed by atoms with Gasteiger partial charge in [0.2, 0.25) is 15.2 Å². The summed E-state index contributed by atoms with van der Waals surface area (Å²) in [5.41, 5.74) is 0.197. The van der Waals surface area contributed by atoms with Gasteiger partial charge >= 0.3 is 0 Å². The molecule has 140 valence electrons. The standard InChI is InChI=1S/C15H17BrN4O4S2/c1-24-7-6-17-26(22,23)10-4-5-12(16)11(8-10)13(21)18-15-20-19-14(25-15)9-2-3-9/h4-5,8-9,17H,2-3,6-7H2,1H3,(H,18,20,21). The van der Waals surface area contributed by atoms with Gasteiger partial charge in [0.15, 0.2) is 0 Å². The fourth-order valence-corrected chi connectivity index (χ4v) is 4.52. The number of anilines is 1. The fourth-order valence-electron chi connectivity index (χ4n) is 2.15. The van der Waals surface area contributed by atoms with E-state index in [-0.39, 0.29) is 23.6 Å². The van der Waals surface area contributed by atoms with E-state index >= 15 is 0 Å². The Balaban J connectivity index is 1.76. The summed E-state index contributed by atoms with van der Waals surface area (Å²) in [5, 5.41) is 12.0. The first-order valence-corrected chi connectivity index (χ1v) is 10.9. The number of ether oxygens (including phenoxy) is 1. The summed E-state index contributed by atoms with van der Waals surface area (Å²) in [7, 11) is -2.25. The van der Waals surface area contributed by atoms with Crippen LogP contribution in [0.4, 0.5) is 5.13 Å². The minimum absolute atomic E-state index is 0.00196. The van der Waals surface area contributed by atoms with Crippen molar-refractivity contribution in [2.45, 2.75) is 23.7 Å². The van der Waals surface area contributed by atoms with Gasteiger partial charge in [0, 0.05) is 24.0 Å². The quantitative estimate of drug-likeness (QED) is 0.584.